The molecule has 2 aromatic rings. The third kappa shape index (κ3) is 4.11. The molecule has 0 fully saturated rings. The Bertz CT molecular complexity index is 1070. The summed E-state index contributed by atoms with van der Waals surface area (Å²) in [5.74, 6) is 0.652. The van der Waals surface area contributed by atoms with Crippen LogP contribution in [0.1, 0.15) is 36.6 Å². The Labute approximate surface area is 168 Å². The van der Waals surface area contributed by atoms with Crippen LogP contribution in [0.3, 0.4) is 0 Å². The number of anilines is 1. The largest absolute Gasteiger partial charge is 0.485 e. The summed E-state index contributed by atoms with van der Waals surface area (Å²) in [5, 5.41) is 44.1. The smallest absolute Gasteiger partial charge is 0.212 e. The van der Waals surface area contributed by atoms with E-state index in [0.29, 0.717) is 28.1 Å². The number of hydrogen-bond acceptors (Lipinski definition) is 6. The highest BCUT2D eigenvalue weighted by Gasteiger charge is 2.43. The van der Waals surface area contributed by atoms with Crippen LogP contribution in [0.2, 0.25) is 0 Å². The molecule has 0 spiro atoms. The van der Waals surface area contributed by atoms with E-state index in [9.17, 15) is 10.4 Å². The second kappa shape index (κ2) is 7.90. The van der Waals surface area contributed by atoms with Gasteiger partial charge < -0.3 is 20.5 Å². The van der Waals surface area contributed by atoms with Crippen molar-refractivity contribution < 1.29 is 9.84 Å². The standard InChI is InChI=1S/C21H18N6O2/c1-21(2)19(28)18(16-9-14(11-23)5-8-17(16)29-21)27-20(25-12-24)26-15-6-3-13(10-22)4-7-15/h3-9,18-19,28H,1-2H3,(H2,25,26,27). The van der Waals surface area contributed by atoms with E-state index < -0.39 is 17.7 Å². The summed E-state index contributed by atoms with van der Waals surface area (Å²) in [5.41, 5.74) is 1.21. The van der Waals surface area contributed by atoms with Gasteiger partial charge >= 0.3 is 0 Å². The van der Waals surface area contributed by atoms with Gasteiger partial charge in [-0.25, -0.2) is 0 Å². The molecular weight excluding hydrogens is 368 g/mol. The van der Waals surface area contributed by atoms with Crippen LogP contribution in [0.5, 0.6) is 5.75 Å². The molecule has 0 saturated carbocycles. The topological polar surface area (TPSA) is 137 Å². The third-order valence-electron chi connectivity index (χ3n) is 4.61. The van der Waals surface area contributed by atoms with Crippen LogP contribution in [0.25, 0.3) is 0 Å². The Kier molecular flexibility index (Phi) is 5.36. The van der Waals surface area contributed by atoms with Gasteiger partial charge in [0.1, 0.15) is 17.5 Å². The molecule has 1 heterocycles. The lowest BCUT2D eigenvalue weighted by Crippen LogP contribution is -2.54. The number of nitrogens with one attached hydrogen (secondary N) is 2. The number of fused-ring (bicyclic) bond motifs is 1. The van der Waals surface area contributed by atoms with E-state index in [1.165, 1.54) is 0 Å². The van der Waals surface area contributed by atoms with E-state index in [1.54, 1.807) is 62.5 Å². The number of guanidine groups is 1. The molecule has 3 rings (SSSR count). The monoisotopic (exact) mass is 386 g/mol. The van der Waals surface area contributed by atoms with Crippen molar-refractivity contribution in [2.24, 2.45) is 4.99 Å². The maximum atomic E-state index is 10.9. The number of ether oxygens (including phenoxy) is 1. The molecule has 29 heavy (non-hydrogen) atoms. The van der Waals surface area contributed by atoms with Crippen LogP contribution in [0.4, 0.5) is 5.69 Å². The maximum absolute atomic E-state index is 10.9. The van der Waals surface area contributed by atoms with Crippen molar-refractivity contribution in [2.75, 3.05) is 5.32 Å². The Morgan fingerprint density at radius 1 is 1.07 bits per heavy atom. The second-order valence-electron chi connectivity index (χ2n) is 7.01. The van der Waals surface area contributed by atoms with E-state index in [4.69, 9.17) is 15.3 Å². The molecule has 2 atom stereocenters. The average molecular weight is 386 g/mol. The number of aliphatic hydroxyl groups excluding tert-OH is 1. The van der Waals surface area contributed by atoms with Crippen LogP contribution in [0.15, 0.2) is 47.5 Å². The molecule has 0 amide bonds. The van der Waals surface area contributed by atoms with E-state index in [1.807, 2.05) is 6.07 Å². The van der Waals surface area contributed by atoms with Gasteiger partial charge in [0, 0.05) is 11.3 Å². The van der Waals surface area contributed by atoms with Crippen molar-refractivity contribution in [1.29, 1.82) is 15.8 Å². The number of aliphatic hydroxyl groups is 1. The highest BCUT2D eigenvalue weighted by molar-refractivity contribution is 5.94. The average Bonchev–Trinajstić information content (AvgIpc) is 2.71. The van der Waals surface area contributed by atoms with Crippen LogP contribution in [0, 0.1) is 34.1 Å². The van der Waals surface area contributed by atoms with E-state index >= 15 is 0 Å². The Balaban J connectivity index is 1.94. The number of benzene rings is 2. The summed E-state index contributed by atoms with van der Waals surface area (Å²) < 4.78 is 5.89. The molecule has 3 N–H and O–H groups in total. The number of aliphatic imine (C=N–C) groups is 1. The minimum atomic E-state index is -0.990. The lowest BCUT2D eigenvalue weighted by Gasteiger charge is -2.42. The first kappa shape index (κ1) is 19.7. The third-order valence-corrected chi connectivity index (χ3v) is 4.61. The number of nitrogens with zero attached hydrogens (tertiary/aromatic N) is 4. The molecule has 0 radical (unpaired) electrons. The van der Waals surface area contributed by atoms with Gasteiger partial charge in [0.2, 0.25) is 12.2 Å². The van der Waals surface area contributed by atoms with E-state index in [2.05, 4.69) is 21.7 Å². The zero-order chi connectivity index (χ0) is 21.0. The summed E-state index contributed by atoms with van der Waals surface area (Å²) in [6.45, 7) is 3.51. The van der Waals surface area contributed by atoms with Gasteiger partial charge in [0.05, 0.1) is 29.3 Å². The van der Waals surface area contributed by atoms with E-state index in [-0.39, 0.29) is 5.96 Å². The number of hydrogen-bond donors (Lipinski definition) is 3. The molecule has 0 aliphatic carbocycles. The first-order valence-corrected chi connectivity index (χ1v) is 8.79. The fraction of sp³-hybridized carbons (Fsp3) is 0.238. The van der Waals surface area contributed by atoms with Gasteiger partial charge in [-0.2, -0.15) is 15.8 Å². The van der Waals surface area contributed by atoms with Crippen molar-refractivity contribution in [3.8, 4) is 24.1 Å². The summed E-state index contributed by atoms with van der Waals surface area (Å²) in [4.78, 5) is 3.77. The van der Waals surface area contributed by atoms with Gasteiger partial charge in [-0.05, 0) is 56.3 Å². The van der Waals surface area contributed by atoms with Gasteiger partial charge in [-0.15, -0.1) is 4.99 Å². The SMILES string of the molecule is CC1(C)Oc2ccc(C#N)cc2C(NC(=NC#N)Nc2ccc(C#N)cc2)C1O. The zero-order valence-electron chi connectivity index (χ0n) is 15.8. The number of nitriles is 3. The normalized spacial score (nSPS) is 19.5. The lowest BCUT2D eigenvalue weighted by atomic mass is 9.86. The van der Waals surface area contributed by atoms with Gasteiger partial charge in [-0.3, -0.25) is 0 Å². The minimum Gasteiger partial charge on any atom is -0.485 e. The highest BCUT2D eigenvalue weighted by Crippen LogP contribution is 2.40. The summed E-state index contributed by atoms with van der Waals surface area (Å²) in [6, 6.07) is 15.0. The van der Waals surface area contributed by atoms with Crippen molar-refractivity contribution in [3.05, 3.63) is 59.2 Å². The van der Waals surface area contributed by atoms with Gasteiger partial charge in [0.15, 0.2) is 0 Å². The van der Waals surface area contributed by atoms with Crippen molar-refractivity contribution in [2.45, 2.75) is 31.6 Å². The fourth-order valence-corrected chi connectivity index (χ4v) is 3.08. The molecular formula is C21H18N6O2. The quantitative estimate of drug-likeness (QED) is 0.410. The van der Waals surface area contributed by atoms with Gasteiger partial charge in [-0.1, -0.05) is 0 Å². The van der Waals surface area contributed by atoms with Crippen molar-refractivity contribution in [1.82, 2.24) is 5.32 Å². The first-order chi connectivity index (χ1) is 13.9. The molecule has 1 aliphatic heterocycles. The molecule has 0 saturated heterocycles. The van der Waals surface area contributed by atoms with Crippen molar-refractivity contribution >= 4 is 11.6 Å². The Morgan fingerprint density at radius 3 is 2.34 bits per heavy atom. The van der Waals surface area contributed by atoms with Gasteiger partial charge in [0.25, 0.3) is 0 Å². The molecule has 0 aromatic heterocycles. The molecule has 1 aliphatic rings. The maximum Gasteiger partial charge on any atom is 0.212 e. The van der Waals surface area contributed by atoms with Crippen LogP contribution >= 0.6 is 0 Å². The highest BCUT2D eigenvalue weighted by atomic mass is 16.5. The summed E-state index contributed by atoms with van der Waals surface area (Å²) in [7, 11) is 0. The predicted octanol–water partition coefficient (Wildman–Crippen LogP) is 2.54. The number of rotatable bonds is 2. The molecule has 2 aromatic carbocycles. The van der Waals surface area contributed by atoms with Crippen LogP contribution < -0.4 is 15.4 Å². The first-order valence-electron chi connectivity index (χ1n) is 8.79. The fourth-order valence-electron chi connectivity index (χ4n) is 3.08. The minimum absolute atomic E-state index is 0.118. The van der Waals surface area contributed by atoms with Crippen LogP contribution in [-0.2, 0) is 0 Å². The van der Waals surface area contributed by atoms with E-state index in [0.717, 1.165) is 0 Å². The molecule has 0 bridgehead atoms. The Hall–Kier alpha value is -4.06. The second-order valence-corrected chi connectivity index (χ2v) is 7.01. The molecule has 8 nitrogen and oxygen atoms in total. The van der Waals surface area contributed by atoms with Crippen LogP contribution in [-0.4, -0.2) is 22.8 Å². The van der Waals surface area contributed by atoms with Crippen molar-refractivity contribution in [3.63, 3.8) is 0 Å². The summed E-state index contributed by atoms with van der Waals surface area (Å²) >= 11 is 0. The Morgan fingerprint density at radius 2 is 1.72 bits per heavy atom. The summed E-state index contributed by atoms with van der Waals surface area (Å²) in [6.07, 6.45) is 0.737. The predicted molar refractivity (Wildman–Crippen MR) is 106 cm³/mol. The lowest BCUT2D eigenvalue weighted by molar-refractivity contribution is -0.0610. The molecule has 144 valence electrons. The molecule has 8 heteroatoms. The zero-order valence-corrected chi connectivity index (χ0v) is 15.8. The molecule has 2 unspecified atom stereocenters.